The molecule has 0 aliphatic rings. The zero-order valence-corrected chi connectivity index (χ0v) is 16.1. The normalized spacial score (nSPS) is 13.6. The summed E-state index contributed by atoms with van der Waals surface area (Å²) in [6.45, 7) is 3.52. The summed E-state index contributed by atoms with van der Waals surface area (Å²) in [6.07, 6.45) is 0.602. The largest absolute Gasteiger partial charge is 0.335 e. The van der Waals surface area contributed by atoms with E-state index in [1.54, 1.807) is 11.6 Å². The monoisotopic (exact) mass is 397 g/mol. The Bertz CT molecular complexity index is 822. The highest BCUT2D eigenvalue weighted by molar-refractivity contribution is 7.92. The number of urea groups is 1. The first kappa shape index (κ1) is 20.7. The van der Waals surface area contributed by atoms with Crippen molar-refractivity contribution in [2.75, 3.05) is 14.1 Å². The number of benzene rings is 1. The highest BCUT2D eigenvalue weighted by atomic mass is 35.5. The third-order valence-electron chi connectivity index (χ3n) is 3.18. The number of sulfonamides is 2. The predicted molar refractivity (Wildman–Crippen MR) is 90.9 cm³/mol. The molecule has 0 saturated carbocycles. The third-order valence-corrected chi connectivity index (χ3v) is 7.02. The molecule has 0 heterocycles. The number of nitrogens with zero attached hydrogens (tertiary/aromatic N) is 1. The topological polar surface area (TPSA) is 113 Å². The lowest BCUT2D eigenvalue weighted by atomic mass is 10.3. The maximum Gasteiger partial charge on any atom is 0.328 e. The van der Waals surface area contributed by atoms with Gasteiger partial charge in [0.05, 0.1) is 5.02 Å². The molecule has 0 spiro atoms. The van der Waals surface area contributed by atoms with E-state index in [4.69, 9.17) is 11.6 Å². The van der Waals surface area contributed by atoms with Crippen molar-refractivity contribution in [1.29, 1.82) is 0 Å². The van der Waals surface area contributed by atoms with Crippen LogP contribution in [-0.4, -0.2) is 47.3 Å². The van der Waals surface area contributed by atoms with E-state index in [0.29, 0.717) is 6.42 Å². The average molecular weight is 398 g/mol. The minimum atomic E-state index is -4.44. The van der Waals surface area contributed by atoms with Crippen molar-refractivity contribution in [2.45, 2.75) is 36.1 Å². The minimum absolute atomic E-state index is 0.246. The Hall–Kier alpha value is -1.36. The molecule has 1 atom stereocenters. The number of rotatable bonds is 6. The molecule has 11 heteroatoms. The molecule has 1 aromatic carbocycles. The zero-order valence-electron chi connectivity index (χ0n) is 13.7. The highest BCUT2D eigenvalue weighted by Crippen LogP contribution is 2.30. The molecule has 0 aliphatic carbocycles. The van der Waals surface area contributed by atoms with Crippen LogP contribution in [0.15, 0.2) is 28.0 Å². The Labute approximate surface area is 147 Å². The van der Waals surface area contributed by atoms with Gasteiger partial charge in [0.25, 0.3) is 10.0 Å². The maximum absolute atomic E-state index is 12.4. The number of hydrogen-bond donors (Lipinski definition) is 2. The fourth-order valence-electron chi connectivity index (χ4n) is 1.67. The fourth-order valence-corrected chi connectivity index (χ4v) is 4.86. The molecule has 0 aliphatic heterocycles. The van der Waals surface area contributed by atoms with Gasteiger partial charge in [-0.3, -0.25) is 0 Å². The highest BCUT2D eigenvalue weighted by Gasteiger charge is 2.31. The molecule has 1 rings (SSSR count). The second kappa shape index (κ2) is 7.68. The van der Waals surface area contributed by atoms with E-state index in [1.165, 1.54) is 26.2 Å². The van der Waals surface area contributed by atoms with Gasteiger partial charge in [-0.25, -0.2) is 30.7 Å². The van der Waals surface area contributed by atoms with Crippen LogP contribution in [0.5, 0.6) is 0 Å². The summed E-state index contributed by atoms with van der Waals surface area (Å²) in [5.74, 6) is 0. The second-order valence-electron chi connectivity index (χ2n) is 5.24. The van der Waals surface area contributed by atoms with Crippen molar-refractivity contribution in [3.8, 4) is 0 Å². The first-order valence-electron chi connectivity index (χ1n) is 6.97. The smallest absolute Gasteiger partial charge is 0.328 e. The molecule has 2 amide bonds. The van der Waals surface area contributed by atoms with E-state index < -0.39 is 35.9 Å². The Morgan fingerprint density at radius 3 is 2.33 bits per heavy atom. The maximum atomic E-state index is 12.4. The molecule has 136 valence electrons. The Morgan fingerprint density at radius 2 is 1.83 bits per heavy atom. The second-order valence-corrected chi connectivity index (χ2v) is 9.39. The summed E-state index contributed by atoms with van der Waals surface area (Å²) in [6, 6.07) is 2.43. The van der Waals surface area contributed by atoms with Crippen LogP contribution >= 0.6 is 11.6 Å². The molecular formula is C13H20ClN3O5S2. The van der Waals surface area contributed by atoms with Crippen LogP contribution in [0, 0.1) is 0 Å². The summed E-state index contributed by atoms with van der Waals surface area (Å²) in [7, 11) is -6.07. The van der Waals surface area contributed by atoms with Gasteiger partial charge in [-0.1, -0.05) is 24.6 Å². The summed E-state index contributed by atoms with van der Waals surface area (Å²) in [5, 5.41) is 2.17. The van der Waals surface area contributed by atoms with Crippen LogP contribution in [0.1, 0.15) is 20.3 Å². The lowest BCUT2D eigenvalue weighted by Crippen LogP contribution is -2.43. The van der Waals surface area contributed by atoms with Gasteiger partial charge in [-0.2, -0.15) is 0 Å². The number of hydrogen-bond acceptors (Lipinski definition) is 5. The Kier molecular flexibility index (Phi) is 6.62. The van der Waals surface area contributed by atoms with Crippen molar-refractivity contribution < 1.29 is 21.6 Å². The summed E-state index contributed by atoms with van der Waals surface area (Å²) in [5.41, 5.74) is 0. The number of carbonyl (C=O) groups excluding carboxylic acids is 1. The van der Waals surface area contributed by atoms with Crippen LogP contribution in [0.3, 0.4) is 0 Å². The quantitative estimate of drug-likeness (QED) is 0.752. The molecule has 0 radical (unpaired) electrons. The molecule has 8 nitrogen and oxygen atoms in total. The van der Waals surface area contributed by atoms with E-state index in [2.05, 4.69) is 5.32 Å². The molecule has 0 saturated heterocycles. The number of amides is 2. The minimum Gasteiger partial charge on any atom is -0.335 e. The molecule has 2 N–H and O–H groups in total. The van der Waals surface area contributed by atoms with Crippen molar-refractivity contribution in [3.05, 3.63) is 23.2 Å². The van der Waals surface area contributed by atoms with Gasteiger partial charge >= 0.3 is 6.03 Å². The van der Waals surface area contributed by atoms with Crippen LogP contribution < -0.4 is 10.0 Å². The molecule has 0 aromatic heterocycles. The number of halogens is 1. The van der Waals surface area contributed by atoms with Gasteiger partial charge in [0.2, 0.25) is 10.0 Å². The standard InChI is InChI=1S/C13H20ClN3O5S2/c1-5-9(2)15-13(18)16-23(19,20)11-8-6-7-10(14)12(11)24(21,22)17(3)4/h6-9H,5H2,1-4H3,(H2,15,16,18). The van der Waals surface area contributed by atoms with Gasteiger partial charge in [0.1, 0.15) is 9.79 Å². The van der Waals surface area contributed by atoms with E-state index in [9.17, 15) is 21.6 Å². The van der Waals surface area contributed by atoms with Crippen LogP contribution in [0.4, 0.5) is 4.79 Å². The Morgan fingerprint density at radius 1 is 1.25 bits per heavy atom. The van der Waals surface area contributed by atoms with Crippen molar-refractivity contribution >= 4 is 37.7 Å². The molecular weight excluding hydrogens is 378 g/mol. The molecule has 1 unspecified atom stereocenters. The molecule has 0 fully saturated rings. The van der Waals surface area contributed by atoms with Gasteiger partial charge in [-0.05, 0) is 25.5 Å². The van der Waals surface area contributed by atoms with Gasteiger partial charge in [0.15, 0.2) is 0 Å². The van der Waals surface area contributed by atoms with E-state index in [1.807, 2.05) is 6.92 Å². The van der Waals surface area contributed by atoms with E-state index in [-0.39, 0.29) is 11.1 Å². The average Bonchev–Trinajstić information content (AvgIpc) is 2.45. The van der Waals surface area contributed by atoms with E-state index in [0.717, 1.165) is 10.4 Å². The lowest BCUT2D eigenvalue weighted by molar-refractivity contribution is 0.242. The summed E-state index contributed by atoms with van der Waals surface area (Å²) >= 11 is 5.91. The van der Waals surface area contributed by atoms with Gasteiger partial charge in [-0.15, -0.1) is 0 Å². The number of nitrogens with one attached hydrogen (secondary N) is 2. The van der Waals surface area contributed by atoms with Crippen molar-refractivity contribution in [1.82, 2.24) is 14.3 Å². The number of carbonyl (C=O) groups is 1. The van der Waals surface area contributed by atoms with Crippen LogP contribution in [-0.2, 0) is 20.0 Å². The lowest BCUT2D eigenvalue weighted by Gasteiger charge is -2.17. The van der Waals surface area contributed by atoms with Gasteiger partial charge < -0.3 is 5.32 Å². The third kappa shape index (κ3) is 4.59. The van der Waals surface area contributed by atoms with Crippen LogP contribution in [0.25, 0.3) is 0 Å². The Balaban J connectivity index is 3.37. The molecule has 1 aromatic rings. The summed E-state index contributed by atoms with van der Waals surface area (Å²) < 4.78 is 52.3. The first-order valence-corrected chi connectivity index (χ1v) is 10.3. The van der Waals surface area contributed by atoms with E-state index >= 15 is 0 Å². The first-order chi connectivity index (χ1) is 10.9. The van der Waals surface area contributed by atoms with Crippen molar-refractivity contribution in [3.63, 3.8) is 0 Å². The van der Waals surface area contributed by atoms with Crippen LogP contribution in [0.2, 0.25) is 5.02 Å². The predicted octanol–water partition coefficient (Wildman–Crippen LogP) is 1.38. The molecule has 24 heavy (non-hydrogen) atoms. The molecule has 0 bridgehead atoms. The zero-order chi connectivity index (χ0) is 18.7. The fraction of sp³-hybridized carbons (Fsp3) is 0.462. The summed E-state index contributed by atoms with van der Waals surface area (Å²) in [4.78, 5) is 10.6. The SMILES string of the molecule is CCC(C)NC(=O)NS(=O)(=O)c1cccc(Cl)c1S(=O)(=O)N(C)C. The van der Waals surface area contributed by atoms with Crippen molar-refractivity contribution in [2.24, 2.45) is 0 Å². The van der Waals surface area contributed by atoms with Gasteiger partial charge in [0, 0.05) is 20.1 Å².